The number of ether oxygens (including phenoxy) is 1. The Kier molecular flexibility index (Phi) is 4.40. The monoisotopic (exact) mass is 235 g/mol. The summed E-state index contributed by atoms with van der Waals surface area (Å²) in [5.74, 6) is 0.820. The SMILES string of the molecule is CCN(CC(O)COc1ccccc1)C1CC1. The zero-order valence-electron chi connectivity index (χ0n) is 10.4. The van der Waals surface area contributed by atoms with Gasteiger partial charge in [0.25, 0.3) is 0 Å². The van der Waals surface area contributed by atoms with Gasteiger partial charge in [0.15, 0.2) is 0 Å². The number of rotatable bonds is 7. The molecule has 94 valence electrons. The zero-order chi connectivity index (χ0) is 12.1. The number of hydrogen-bond donors (Lipinski definition) is 1. The summed E-state index contributed by atoms with van der Waals surface area (Å²) >= 11 is 0. The van der Waals surface area contributed by atoms with Crippen LogP contribution in [0, 0.1) is 0 Å². The summed E-state index contributed by atoms with van der Waals surface area (Å²) < 4.78 is 5.54. The molecule has 1 unspecified atom stereocenters. The molecule has 1 saturated carbocycles. The molecule has 1 fully saturated rings. The normalized spacial score (nSPS) is 17.1. The van der Waals surface area contributed by atoms with Gasteiger partial charge in [-0.2, -0.15) is 0 Å². The van der Waals surface area contributed by atoms with Gasteiger partial charge in [0.1, 0.15) is 18.5 Å². The maximum atomic E-state index is 9.92. The quantitative estimate of drug-likeness (QED) is 0.783. The molecule has 0 amide bonds. The van der Waals surface area contributed by atoms with Crippen LogP contribution in [-0.4, -0.2) is 41.8 Å². The molecule has 0 heterocycles. The summed E-state index contributed by atoms with van der Waals surface area (Å²) in [5, 5.41) is 9.92. The van der Waals surface area contributed by atoms with E-state index in [1.165, 1.54) is 12.8 Å². The van der Waals surface area contributed by atoms with E-state index in [1.54, 1.807) is 0 Å². The predicted molar refractivity (Wildman–Crippen MR) is 68.2 cm³/mol. The summed E-state index contributed by atoms with van der Waals surface area (Å²) in [5.41, 5.74) is 0. The number of likely N-dealkylation sites (N-methyl/N-ethyl adjacent to an activating group) is 1. The van der Waals surface area contributed by atoms with Crippen LogP contribution in [0.2, 0.25) is 0 Å². The molecule has 3 nitrogen and oxygen atoms in total. The number of aliphatic hydroxyl groups is 1. The number of benzene rings is 1. The standard InChI is InChI=1S/C14H21NO2/c1-2-15(12-8-9-12)10-13(16)11-17-14-6-4-3-5-7-14/h3-7,12-13,16H,2,8-11H2,1H3. The number of nitrogens with zero attached hydrogens (tertiary/aromatic N) is 1. The molecular formula is C14H21NO2. The Morgan fingerprint density at radius 1 is 1.35 bits per heavy atom. The molecule has 0 spiro atoms. The highest BCUT2D eigenvalue weighted by atomic mass is 16.5. The molecule has 0 aromatic heterocycles. The van der Waals surface area contributed by atoms with Crippen molar-refractivity contribution in [1.29, 1.82) is 0 Å². The maximum Gasteiger partial charge on any atom is 0.119 e. The molecule has 17 heavy (non-hydrogen) atoms. The first kappa shape index (κ1) is 12.4. The van der Waals surface area contributed by atoms with Gasteiger partial charge in [0, 0.05) is 12.6 Å². The van der Waals surface area contributed by atoms with Gasteiger partial charge in [-0.25, -0.2) is 0 Å². The van der Waals surface area contributed by atoms with Crippen molar-refractivity contribution >= 4 is 0 Å². The van der Waals surface area contributed by atoms with Crippen molar-refractivity contribution in [2.75, 3.05) is 19.7 Å². The Hall–Kier alpha value is -1.06. The summed E-state index contributed by atoms with van der Waals surface area (Å²) in [7, 11) is 0. The average Bonchev–Trinajstić information content (AvgIpc) is 3.19. The largest absolute Gasteiger partial charge is 0.491 e. The topological polar surface area (TPSA) is 32.7 Å². The van der Waals surface area contributed by atoms with Crippen molar-refractivity contribution in [2.45, 2.75) is 31.9 Å². The second-order valence-corrected chi connectivity index (χ2v) is 4.60. The Morgan fingerprint density at radius 3 is 2.65 bits per heavy atom. The lowest BCUT2D eigenvalue weighted by Gasteiger charge is -2.23. The van der Waals surface area contributed by atoms with Gasteiger partial charge in [-0.1, -0.05) is 25.1 Å². The highest BCUT2D eigenvalue weighted by Crippen LogP contribution is 2.26. The molecule has 0 bridgehead atoms. The van der Waals surface area contributed by atoms with Crippen LogP contribution in [0.5, 0.6) is 5.75 Å². The van der Waals surface area contributed by atoms with Crippen LogP contribution in [0.3, 0.4) is 0 Å². The van der Waals surface area contributed by atoms with Crippen molar-refractivity contribution < 1.29 is 9.84 Å². The lowest BCUT2D eigenvalue weighted by Crippen LogP contribution is -2.36. The summed E-state index contributed by atoms with van der Waals surface area (Å²) in [6.45, 7) is 4.23. The van der Waals surface area contributed by atoms with Crippen molar-refractivity contribution in [3.63, 3.8) is 0 Å². The van der Waals surface area contributed by atoms with E-state index in [9.17, 15) is 5.11 Å². The molecule has 2 rings (SSSR count). The van der Waals surface area contributed by atoms with Crippen molar-refractivity contribution in [1.82, 2.24) is 4.90 Å². The number of aliphatic hydroxyl groups excluding tert-OH is 1. The smallest absolute Gasteiger partial charge is 0.119 e. The van der Waals surface area contributed by atoms with E-state index in [0.29, 0.717) is 19.2 Å². The van der Waals surface area contributed by atoms with Gasteiger partial charge < -0.3 is 9.84 Å². The first-order valence-corrected chi connectivity index (χ1v) is 6.39. The third-order valence-electron chi connectivity index (χ3n) is 3.10. The van der Waals surface area contributed by atoms with Gasteiger partial charge in [0.2, 0.25) is 0 Å². The Balaban J connectivity index is 1.71. The number of hydrogen-bond acceptors (Lipinski definition) is 3. The minimum atomic E-state index is -0.407. The van der Waals surface area contributed by atoms with Crippen LogP contribution < -0.4 is 4.74 Å². The molecule has 3 heteroatoms. The second-order valence-electron chi connectivity index (χ2n) is 4.60. The van der Waals surface area contributed by atoms with Gasteiger partial charge in [-0.15, -0.1) is 0 Å². The average molecular weight is 235 g/mol. The van der Waals surface area contributed by atoms with Crippen molar-refractivity contribution in [3.05, 3.63) is 30.3 Å². The molecule has 1 aliphatic carbocycles. The Bertz CT molecular complexity index is 324. The lowest BCUT2D eigenvalue weighted by atomic mass is 10.3. The molecule has 0 radical (unpaired) electrons. The molecule has 1 N–H and O–H groups in total. The highest BCUT2D eigenvalue weighted by molar-refractivity contribution is 5.20. The van der Waals surface area contributed by atoms with Crippen LogP contribution in [0.25, 0.3) is 0 Å². The van der Waals surface area contributed by atoms with Crippen LogP contribution in [0.4, 0.5) is 0 Å². The molecular weight excluding hydrogens is 214 g/mol. The summed E-state index contributed by atoms with van der Waals surface area (Å²) in [4.78, 5) is 2.33. The zero-order valence-corrected chi connectivity index (χ0v) is 10.4. The maximum absolute atomic E-state index is 9.92. The van der Waals surface area contributed by atoms with E-state index >= 15 is 0 Å². The first-order valence-electron chi connectivity index (χ1n) is 6.39. The minimum Gasteiger partial charge on any atom is -0.491 e. The van der Waals surface area contributed by atoms with E-state index in [4.69, 9.17) is 4.74 Å². The molecule has 0 saturated heterocycles. The van der Waals surface area contributed by atoms with E-state index in [1.807, 2.05) is 30.3 Å². The molecule has 1 atom stereocenters. The van der Waals surface area contributed by atoms with Gasteiger partial charge in [-0.05, 0) is 31.5 Å². The summed E-state index contributed by atoms with van der Waals surface area (Å²) in [6.07, 6.45) is 2.15. The molecule has 1 aromatic rings. The molecule has 0 aliphatic heterocycles. The van der Waals surface area contributed by atoms with Crippen LogP contribution in [0.1, 0.15) is 19.8 Å². The van der Waals surface area contributed by atoms with Gasteiger partial charge in [0.05, 0.1) is 0 Å². The van der Waals surface area contributed by atoms with Gasteiger partial charge >= 0.3 is 0 Å². The summed E-state index contributed by atoms with van der Waals surface area (Å²) in [6, 6.07) is 10.3. The Labute approximate surface area is 103 Å². The lowest BCUT2D eigenvalue weighted by molar-refractivity contribution is 0.0673. The molecule has 1 aliphatic rings. The fourth-order valence-corrected chi connectivity index (χ4v) is 2.01. The third kappa shape index (κ3) is 4.02. The highest BCUT2D eigenvalue weighted by Gasteiger charge is 2.28. The third-order valence-corrected chi connectivity index (χ3v) is 3.10. The Morgan fingerprint density at radius 2 is 2.06 bits per heavy atom. The van der Waals surface area contributed by atoms with E-state index < -0.39 is 6.10 Å². The fourth-order valence-electron chi connectivity index (χ4n) is 2.01. The second kappa shape index (κ2) is 6.03. The van der Waals surface area contributed by atoms with E-state index in [0.717, 1.165) is 12.3 Å². The van der Waals surface area contributed by atoms with Crippen LogP contribution in [0.15, 0.2) is 30.3 Å². The van der Waals surface area contributed by atoms with E-state index in [2.05, 4.69) is 11.8 Å². The van der Waals surface area contributed by atoms with Gasteiger partial charge in [-0.3, -0.25) is 4.90 Å². The first-order chi connectivity index (χ1) is 8.29. The molecule has 1 aromatic carbocycles. The predicted octanol–water partition coefficient (Wildman–Crippen LogP) is 1.91. The van der Waals surface area contributed by atoms with Crippen LogP contribution in [-0.2, 0) is 0 Å². The van der Waals surface area contributed by atoms with Crippen LogP contribution >= 0.6 is 0 Å². The van der Waals surface area contributed by atoms with E-state index in [-0.39, 0.29) is 0 Å². The minimum absolute atomic E-state index is 0.368. The number of para-hydroxylation sites is 1. The van der Waals surface area contributed by atoms with Crippen molar-refractivity contribution in [2.24, 2.45) is 0 Å². The van der Waals surface area contributed by atoms with Crippen molar-refractivity contribution in [3.8, 4) is 5.75 Å². The fraction of sp³-hybridized carbons (Fsp3) is 0.571.